The van der Waals surface area contributed by atoms with E-state index >= 15 is 0 Å². The fourth-order valence-electron chi connectivity index (χ4n) is 1.22. The van der Waals surface area contributed by atoms with Gasteiger partial charge in [0.15, 0.2) is 0 Å². The summed E-state index contributed by atoms with van der Waals surface area (Å²) in [6.07, 6.45) is 4.94. The zero-order valence-electron chi connectivity index (χ0n) is 10.2. The Hall–Kier alpha value is -2.01. The summed E-state index contributed by atoms with van der Waals surface area (Å²) < 4.78 is 5.05. The van der Waals surface area contributed by atoms with Crippen LogP contribution >= 0.6 is 0 Å². The maximum atomic E-state index is 11.4. The van der Waals surface area contributed by atoms with Gasteiger partial charge in [-0.15, -0.1) is 0 Å². The number of allylic oxidation sites excluding steroid dienone is 1. The van der Waals surface area contributed by atoms with Gasteiger partial charge in [0.1, 0.15) is 0 Å². The minimum absolute atomic E-state index is 0.0650. The highest BCUT2D eigenvalue weighted by Gasteiger charge is 2.05. The van der Waals surface area contributed by atoms with Gasteiger partial charge in [0, 0.05) is 12.8 Å². The number of carbonyl (C=O) groups excluding carboxylic acids is 2. The maximum Gasteiger partial charge on any atom is 0.251 e. The largest absolute Gasteiger partial charge is 0.381 e. The molecule has 0 saturated carbocycles. The molecule has 95 valence electrons. The van der Waals surface area contributed by atoms with Crippen LogP contribution in [0.4, 0.5) is 0 Å². The Kier molecular flexibility index (Phi) is 6.35. The van der Waals surface area contributed by atoms with E-state index in [4.69, 9.17) is 4.74 Å². The van der Waals surface area contributed by atoms with Crippen molar-refractivity contribution < 1.29 is 14.3 Å². The molecule has 1 aromatic heterocycles. The Morgan fingerprint density at radius 1 is 1.56 bits per heavy atom. The van der Waals surface area contributed by atoms with Crippen LogP contribution in [0.25, 0.3) is 6.08 Å². The van der Waals surface area contributed by atoms with Gasteiger partial charge in [-0.3, -0.25) is 14.6 Å². The Labute approximate surface area is 106 Å². The normalized spacial score (nSPS) is 11.1. The van der Waals surface area contributed by atoms with Crippen LogP contribution < -0.4 is 5.32 Å². The number of nitrogens with one attached hydrogen (secondary N) is 1. The van der Waals surface area contributed by atoms with Crippen molar-refractivity contribution in [2.45, 2.75) is 13.3 Å². The Balaban J connectivity index is 2.54. The monoisotopic (exact) mass is 247 g/mol. The molecule has 0 spiro atoms. The summed E-state index contributed by atoms with van der Waals surface area (Å²) in [6.45, 7) is 2.74. The highest BCUT2D eigenvalue weighted by atomic mass is 16.5. The first kappa shape index (κ1) is 14.1. The van der Waals surface area contributed by atoms with Gasteiger partial charge in [-0.1, -0.05) is 6.07 Å². The predicted octanol–water partition coefficient (Wildman–Crippen LogP) is 1.08. The number of nitrogens with zero attached hydrogens (tertiary/aromatic N) is 1. The van der Waals surface area contributed by atoms with Crippen molar-refractivity contribution in [3.05, 3.63) is 35.8 Å². The summed E-state index contributed by atoms with van der Waals surface area (Å²) in [5.74, 6) is -0.283. The molecule has 5 heteroatoms. The second-order valence-electron chi connectivity index (χ2n) is 3.41. The second-order valence-corrected chi connectivity index (χ2v) is 3.41. The van der Waals surface area contributed by atoms with Crippen LogP contribution in [0, 0.1) is 0 Å². The lowest BCUT2D eigenvalue weighted by atomic mass is 10.3. The molecule has 0 saturated heterocycles. The fourth-order valence-corrected chi connectivity index (χ4v) is 1.22. The molecule has 0 aliphatic rings. The molecule has 18 heavy (non-hydrogen) atoms. The van der Waals surface area contributed by atoms with E-state index in [1.807, 2.05) is 6.92 Å². The molecule has 1 N–H and O–H groups in total. The van der Waals surface area contributed by atoms with Crippen molar-refractivity contribution in [2.24, 2.45) is 0 Å². The van der Waals surface area contributed by atoms with Gasteiger partial charge in [0.2, 0.25) is 5.91 Å². The number of rotatable bonds is 7. The summed E-state index contributed by atoms with van der Waals surface area (Å²) in [5, 5.41) is 2.45. The zero-order valence-corrected chi connectivity index (χ0v) is 10.2. The number of hydrogen-bond acceptors (Lipinski definition) is 4. The van der Waals surface area contributed by atoms with E-state index in [0.717, 1.165) is 0 Å². The van der Waals surface area contributed by atoms with E-state index in [1.54, 1.807) is 30.7 Å². The molecular weight excluding hydrogens is 232 g/mol. The Morgan fingerprint density at radius 3 is 3.00 bits per heavy atom. The maximum absolute atomic E-state index is 11.4. The standard InChI is InChI=1S/C13H15N2O3/c1-2-18-8-6-13(17)15-12(10-16)9-11-5-3-4-7-14-11/h3-5,7,9H,2,6,8H2,1H3,(H,15,17). The van der Waals surface area contributed by atoms with Crippen LogP contribution in [0.15, 0.2) is 30.1 Å². The molecule has 1 heterocycles. The minimum atomic E-state index is -0.283. The van der Waals surface area contributed by atoms with Crippen LogP contribution in [0.5, 0.6) is 0 Å². The van der Waals surface area contributed by atoms with Crippen molar-refractivity contribution in [1.29, 1.82) is 0 Å². The van der Waals surface area contributed by atoms with Crippen molar-refractivity contribution in [1.82, 2.24) is 10.3 Å². The lowest BCUT2D eigenvalue weighted by Gasteiger charge is -2.04. The Morgan fingerprint density at radius 2 is 2.39 bits per heavy atom. The molecule has 1 radical (unpaired) electrons. The molecule has 5 nitrogen and oxygen atoms in total. The molecule has 0 aliphatic heterocycles. The third kappa shape index (κ3) is 5.36. The first-order valence-electron chi connectivity index (χ1n) is 5.64. The average molecular weight is 247 g/mol. The SMILES string of the molecule is CCOCCC(=O)NC([C]=O)=Cc1ccccn1. The number of ether oxygens (including phenoxy) is 1. The highest BCUT2D eigenvalue weighted by molar-refractivity contribution is 5.89. The summed E-state index contributed by atoms with van der Waals surface area (Å²) in [4.78, 5) is 26.2. The van der Waals surface area contributed by atoms with E-state index in [2.05, 4.69) is 10.3 Å². The fraction of sp³-hybridized carbons (Fsp3) is 0.308. The van der Waals surface area contributed by atoms with E-state index in [1.165, 1.54) is 6.08 Å². The molecule has 1 rings (SSSR count). The average Bonchev–Trinajstić information content (AvgIpc) is 2.39. The lowest BCUT2D eigenvalue weighted by molar-refractivity contribution is -0.121. The predicted molar refractivity (Wildman–Crippen MR) is 67.2 cm³/mol. The number of hydrogen-bond donors (Lipinski definition) is 1. The summed E-state index contributed by atoms with van der Waals surface area (Å²) in [5.41, 5.74) is 0.649. The Bertz CT molecular complexity index is 416. The molecule has 1 aromatic rings. The molecule has 0 atom stereocenters. The molecule has 0 bridgehead atoms. The molecule has 0 unspecified atom stereocenters. The molecular formula is C13H15N2O3. The number of pyridine rings is 1. The van der Waals surface area contributed by atoms with Crippen molar-refractivity contribution in [3.63, 3.8) is 0 Å². The second kappa shape index (κ2) is 8.14. The third-order valence-corrected chi connectivity index (χ3v) is 2.04. The van der Waals surface area contributed by atoms with Crippen molar-refractivity contribution >= 4 is 18.3 Å². The third-order valence-electron chi connectivity index (χ3n) is 2.04. The van der Waals surface area contributed by atoms with E-state index < -0.39 is 0 Å². The molecule has 0 aromatic carbocycles. The first-order chi connectivity index (χ1) is 8.76. The van der Waals surface area contributed by atoms with Crippen molar-refractivity contribution in [2.75, 3.05) is 13.2 Å². The first-order valence-corrected chi connectivity index (χ1v) is 5.64. The number of carbonyl (C=O) groups is 1. The van der Waals surface area contributed by atoms with Crippen LogP contribution in [0.3, 0.4) is 0 Å². The summed E-state index contributed by atoms with van der Waals surface area (Å²) >= 11 is 0. The van der Waals surface area contributed by atoms with Gasteiger partial charge >= 0.3 is 0 Å². The topological polar surface area (TPSA) is 68.3 Å². The number of amides is 1. The van der Waals surface area contributed by atoms with Gasteiger partial charge in [-0.05, 0) is 25.1 Å². The van der Waals surface area contributed by atoms with E-state index in [9.17, 15) is 9.59 Å². The van der Waals surface area contributed by atoms with Crippen LogP contribution in [-0.4, -0.2) is 30.4 Å². The van der Waals surface area contributed by atoms with Crippen LogP contribution in [0.1, 0.15) is 19.0 Å². The van der Waals surface area contributed by atoms with E-state index in [-0.39, 0.29) is 18.0 Å². The smallest absolute Gasteiger partial charge is 0.251 e. The van der Waals surface area contributed by atoms with Crippen molar-refractivity contribution in [3.8, 4) is 0 Å². The molecule has 0 aliphatic carbocycles. The van der Waals surface area contributed by atoms with Gasteiger partial charge in [-0.25, -0.2) is 0 Å². The lowest BCUT2D eigenvalue weighted by Crippen LogP contribution is -2.24. The molecule has 1 amide bonds. The highest BCUT2D eigenvalue weighted by Crippen LogP contribution is 1.99. The van der Waals surface area contributed by atoms with Gasteiger partial charge in [0.25, 0.3) is 6.29 Å². The quantitative estimate of drug-likeness (QED) is 0.578. The number of aromatic nitrogens is 1. The summed E-state index contributed by atoms with van der Waals surface area (Å²) in [6, 6.07) is 5.28. The zero-order chi connectivity index (χ0) is 13.2. The minimum Gasteiger partial charge on any atom is -0.381 e. The molecule has 0 fully saturated rings. The van der Waals surface area contributed by atoms with Gasteiger partial charge in [0.05, 0.1) is 24.4 Å². The summed E-state index contributed by atoms with van der Waals surface area (Å²) in [7, 11) is 0. The van der Waals surface area contributed by atoms with E-state index in [0.29, 0.717) is 18.9 Å². The van der Waals surface area contributed by atoms with Crippen LogP contribution in [-0.2, 0) is 14.3 Å². The van der Waals surface area contributed by atoms with Gasteiger partial charge < -0.3 is 10.1 Å². The van der Waals surface area contributed by atoms with Gasteiger partial charge in [-0.2, -0.15) is 0 Å². The van der Waals surface area contributed by atoms with Crippen LogP contribution in [0.2, 0.25) is 0 Å².